The van der Waals surface area contributed by atoms with Crippen LogP contribution < -0.4 is 4.72 Å². The molecule has 0 bridgehead atoms. The first-order valence-corrected chi connectivity index (χ1v) is 9.04. The first-order valence-electron chi connectivity index (χ1n) is 5.97. The molecule has 1 N–H and O–H groups in total. The fourth-order valence-electron chi connectivity index (χ4n) is 1.92. The van der Waals surface area contributed by atoms with Crippen LogP contribution in [0.3, 0.4) is 0 Å². The number of benzene rings is 1. The van der Waals surface area contributed by atoms with Crippen molar-refractivity contribution < 1.29 is 13.2 Å². The van der Waals surface area contributed by atoms with Gasteiger partial charge in [0.15, 0.2) is 0 Å². The van der Waals surface area contributed by atoms with Gasteiger partial charge < -0.3 is 4.74 Å². The number of nitrogens with one attached hydrogen (secondary N) is 1. The van der Waals surface area contributed by atoms with Gasteiger partial charge in [-0.15, -0.1) is 0 Å². The number of ether oxygens (including phenoxy) is 1. The van der Waals surface area contributed by atoms with Crippen LogP contribution in [0.25, 0.3) is 0 Å². The summed E-state index contributed by atoms with van der Waals surface area (Å²) >= 11 is 6.66. The van der Waals surface area contributed by atoms with Crippen molar-refractivity contribution in [3.05, 3.63) is 26.6 Å². The molecule has 1 aliphatic rings. The van der Waals surface area contributed by atoms with Gasteiger partial charge in [-0.1, -0.05) is 15.9 Å². The molecule has 0 saturated carbocycles. The molecule has 2 rings (SSSR count). The van der Waals surface area contributed by atoms with Crippen molar-refractivity contribution in [3.63, 3.8) is 0 Å². The summed E-state index contributed by atoms with van der Waals surface area (Å²) in [5, 5.41) is 0. The highest BCUT2D eigenvalue weighted by molar-refractivity contribution is 9.11. The van der Waals surface area contributed by atoms with Gasteiger partial charge in [0.25, 0.3) is 0 Å². The molecule has 0 spiro atoms. The lowest BCUT2D eigenvalue weighted by molar-refractivity contribution is 0.114. The summed E-state index contributed by atoms with van der Waals surface area (Å²) in [4.78, 5) is 0.256. The molecule has 1 aliphatic heterocycles. The molecule has 0 aliphatic carbocycles. The van der Waals surface area contributed by atoms with E-state index >= 15 is 0 Å². The van der Waals surface area contributed by atoms with E-state index in [0.717, 1.165) is 22.9 Å². The van der Waals surface area contributed by atoms with Crippen LogP contribution >= 0.6 is 31.9 Å². The maximum atomic E-state index is 12.3. The zero-order valence-corrected chi connectivity index (χ0v) is 14.4. The molecule has 1 saturated heterocycles. The topological polar surface area (TPSA) is 55.4 Å². The SMILES string of the molecule is Cc1cc(S(=O)(=O)NC[C@@H]2CCCO2)c(Br)cc1Br. The van der Waals surface area contributed by atoms with E-state index in [0.29, 0.717) is 17.6 Å². The van der Waals surface area contributed by atoms with Crippen molar-refractivity contribution in [2.75, 3.05) is 13.2 Å². The second-order valence-corrected chi connectivity index (χ2v) is 7.96. The molecule has 19 heavy (non-hydrogen) atoms. The maximum absolute atomic E-state index is 12.3. The van der Waals surface area contributed by atoms with Crippen LogP contribution in [0.4, 0.5) is 0 Å². The molecule has 1 heterocycles. The minimum absolute atomic E-state index is 0.00917. The van der Waals surface area contributed by atoms with E-state index in [1.54, 1.807) is 12.1 Å². The number of sulfonamides is 1. The maximum Gasteiger partial charge on any atom is 0.241 e. The second-order valence-electron chi connectivity index (χ2n) is 4.52. The monoisotopic (exact) mass is 411 g/mol. The van der Waals surface area contributed by atoms with E-state index in [1.807, 2.05) is 6.92 Å². The Balaban J connectivity index is 2.16. The van der Waals surface area contributed by atoms with Gasteiger partial charge in [0.2, 0.25) is 10.0 Å². The Labute approximate surface area is 130 Å². The zero-order valence-electron chi connectivity index (χ0n) is 10.4. The predicted molar refractivity (Wildman–Crippen MR) is 80.7 cm³/mol. The lowest BCUT2D eigenvalue weighted by Gasteiger charge is -2.13. The fourth-order valence-corrected chi connectivity index (χ4v) is 4.76. The van der Waals surface area contributed by atoms with E-state index in [1.165, 1.54) is 0 Å². The normalized spacial score (nSPS) is 19.8. The Bertz CT molecular complexity index is 569. The molecule has 1 atom stereocenters. The highest BCUT2D eigenvalue weighted by Gasteiger charge is 2.22. The van der Waals surface area contributed by atoms with Crippen molar-refractivity contribution in [2.45, 2.75) is 30.8 Å². The van der Waals surface area contributed by atoms with Crippen molar-refractivity contribution in [2.24, 2.45) is 0 Å². The minimum atomic E-state index is -3.52. The van der Waals surface area contributed by atoms with Crippen LogP contribution in [-0.4, -0.2) is 27.7 Å². The molecule has 106 valence electrons. The molecule has 1 aromatic rings. The van der Waals surface area contributed by atoms with Crippen molar-refractivity contribution in [3.8, 4) is 0 Å². The third kappa shape index (κ3) is 3.78. The van der Waals surface area contributed by atoms with Gasteiger partial charge in [-0.3, -0.25) is 0 Å². The Kier molecular flexibility index (Phi) is 5.05. The smallest absolute Gasteiger partial charge is 0.241 e. The van der Waals surface area contributed by atoms with Crippen LogP contribution in [0.5, 0.6) is 0 Å². The Morgan fingerprint density at radius 2 is 2.11 bits per heavy atom. The van der Waals surface area contributed by atoms with Crippen molar-refractivity contribution in [1.29, 1.82) is 0 Å². The number of hydrogen-bond acceptors (Lipinski definition) is 3. The minimum Gasteiger partial charge on any atom is -0.377 e. The van der Waals surface area contributed by atoms with E-state index in [4.69, 9.17) is 4.74 Å². The largest absolute Gasteiger partial charge is 0.377 e. The summed E-state index contributed by atoms with van der Waals surface area (Å²) in [5.41, 5.74) is 0.876. The third-order valence-electron chi connectivity index (χ3n) is 3.03. The van der Waals surface area contributed by atoms with E-state index < -0.39 is 10.0 Å². The van der Waals surface area contributed by atoms with E-state index in [9.17, 15) is 8.42 Å². The van der Waals surface area contributed by atoms with Crippen LogP contribution in [0, 0.1) is 6.92 Å². The summed E-state index contributed by atoms with van der Waals surface area (Å²) in [6.45, 7) is 2.90. The highest BCUT2D eigenvalue weighted by atomic mass is 79.9. The standard InChI is InChI=1S/C12H15Br2NO3S/c1-8-5-12(11(14)6-10(8)13)19(16,17)15-7-9-3-2-4-18-9/h5-6,9,15H,2-4,7H2,1H3/t9-/m0/s1. The molecule has 0 unspecified atom stereocenters. The van der Waals surface area contributed by atoms with Crippen LogP contribution in [0.1, 0.15) is 18.4 Å². The molecule has 0 radical (unpaired) electrons. The first kappa shape index (κ1) is 15.4. The molecule has 1 aromatic carbocycles. The molecule has 0 amide bonds. The summed E-state index contributed by atoms with van der Waals surface area (Å²) in [7, 11) is -3.52. The average Bonchev–Trinajstić information content (AvgIpc) is 2.84. The average molecular weight is 413 g/mol. The summed E-state index contributed by atoms with van der Waals surface area (Å²) in [5.74, 6) is 0. The predicted octanol–water partition coefficient (Wildman–Crippen LogP) is 2.98. The molecular formula is C12H15Br2NO3S. The summed E-state index contributed by atoms with van der Waals surface area (Å²) < 4.78 is 34.0. The van der Waals surface area contributed by atoms with Gasteiger partial charge in [0.1, 0.15) is 0 Å². The van der Waals surface area contributed by atoms with Gasteiger partial charge in [-0.05, 0) is 53.4 Å². The molecule has 0 aromatic heterocycles. The van der Waals surface area contributed by atoms with Gasteiger partial charge in [-0.2, -0.15) is 0 Å². The molecular weight excluding hydrogens is 398 g/mol. The molecule has 4 nitrogen and oxygen atoms in total. The highest BCUT2D eigenvalue weighted by Crippen LogP contribution is 2.28. The summed E-state index contributed by atoms with van der Waals surface area (Å²) in [6.07, 6.45) is 1.89. The Morgan fingerprint density at radius 1 is 1.37 bits per heavy atom. The number of hydrogen-bond donors (Lipinski definition) is 1. The lowest BCUT2D eigenvalue weighted by atomic mass is 10.2. The van der Waals surface area contributed by atoms with Crippen LogP contribution in [0.2, 0.25) is 0 Å². The number of halogens is 2. The zero-order chi connectivity index (χ0) is 14.0. The summed E-state index contributed by atoms with van der Waals surface area (Å²) in [6, 6.07) is 3.39. The van der Waals surface area contributed by atoms with Gasteiger partial charge in [0.05, 0.1) is 11.0 Å². The Morgan fingerprint density at radius 3 is 2.74 bits per heavy atom. The van der Waals surface area contributed by atoms with Gasteiger partial charge in [0, 0.05) is 22.1 Å². The first-order chi connectivity index (χ1) is 8.90. The van der Waals surface area contributed by atoms with Gasteiger partial charge >= 0.3 is 0 Å². The number of rotatable bonds is 4. The quantitative estimate of drug-likeness (QED) is 0.826. The third-order valence-corrected chi connectivity index (χ3v) is 6.26. The van der Waals surface area contributed by atoms with Crippen LogP contribution in [0.15, 0.2) is 26.0 Å². The van der Waals surface area contributed by atoms with Gasteiger partial charge in [-0.25, -0.2) is 13.1 Å². The van der Waals surface area contributed by atoms with Crippen molar-refractivity contribution in [1.82, 2.24) is 4.72 Å². The van der Waals surface area contributed by atoms with E-state index in [-0.39, 0.29) is 11.0 Å². The molecule has 1 fully saturated rings. The lowest BCUT2D eigenvalue weighted by Crippen LogP contribution is -2.32. The fraction of sp³-hybridized carbons (Fsp3) is 0.500. The Hall–Kier alpha value is 0.0500. The second kappa shape index (κ2) is 6.22. The van der Waals surface area contributed by atoms with Crippen molar-refractivity contribution >= 4 is 41.9 Å². The number of aryl methyl sites for hydroxylation is 1. The van der Waals surface area contributed by atoms with Crippen LogP contribution in [-0.2, 0) is 14.8 Å². The molecule has 7 heteroatoms. The van der Waals surface area contributed by atoms with E-state index in [2.05, 4.69) is 36.6 Å².